The van der Waals surface area contributed by atoms with Crippen LogP contribution in [0.25, 0.3) is 0 Å². The molecule has 1 aliphatic heterocycles. The van der Waals surface area contributed by atoms with Crippen molar-refractivity contribution in [2.24, 2.45) is 5.92 Å². The van der Waals surface area contributed by atoms with Crippen molar-refractivity contribution in [1.29, 1.82) is 0 Å². The van der Waals surface area contributed by atoms with E-state index in [2.05, 4.69) is 31.9 Å². The number of anilines is 2. The molecule has 0 atom stereocenters. The fraction of sp³-hybridized carbons (Fsp3) is 0.524. The quantitative estimate of drug-likeness (QED) is 0.550. The summed E-state index contributed by atoms with van der Waals surface area (Å²) in [6, 6.07) is 7.41. The monoisotopic (exact) mass is 413 g/mol. The Balaban J connectivity index is 1.38. The fourth-order valence-corrected chi connectivity index (χ4v) is 4.36. The van der Waals surface area contributed by atoms with Gasteiger partial charge in [0.15, 0.2) is 10.9 Å². The molecular formula is C21H27N5O2S. The zero-order chi connectivity index (χ0) is 20.4. The predicted molar refractivity (Wildman–Crippen MR) is 115 cm³/mol. The van der Waals surface area contributed by atoms with Crippen LogP contribution in [0.2, 0.25) is 0 Å². The summed E-state index contributed by atoms with van der Waals surface area (Å²) in [7, 11) is 0. The minimum absolute atomic E-state index is 0.0109. The van der Waals surface area contributed by atoms with Crippen molar-refractivity contribution in [1.82, 2.24) is 14.8 Å². The second-order valence-electron chi connectivity index (χ2n) is 8.02. The van der Waals surface area contributed by atoms with Crippen molar-refractivity contribution in [2.45, 2.75) is 50.7 Å². The van der Waals surface area contributed by atoms with E-state index in [1.54, 1.807) is 24.3 Å². The first-order valence-electron chi connectivity index (χ1n) is 10.2. The summed E-state index contributed by atoms with van der Waals surface area (Å²) >= 11 is 1.43. The third-order valence-electron chi connectivity index (χ3n) is 5.53. The van der Waals surface area contributed by atoms with Crippen LogP contribution >= 0.6 is 11.8 Å². The standard InChI is InChI=1S/C21H27N5O2S/c1-14-9-11-25(12-10-14)20-23-24-21(26(20)18-7-8-18)29-13-19(28)22-17-5-3-16(4-6-17)15(2)27/h3-6,14,18H,7-13H2,1-2H3,(H,22,28). The molecule has 2 aromatic rings. The van der Waals surface area contributed by atoms with Gasteiger partial charge < -0.3 is 10.2 Å². The number of aromatic nitrogens is 3. The maximum absolute atomic E-state index is 12.4. The lowest BCUT2D eigenvalue weighted by molar-refractivity contribution is -0.113. The summed E-state index contributed by atoms with van der Waals surface area (Å²) in [5, 5.41) is 12.6. The average Bonchev–Trinajstić information content (AvgIpc) is 3.46. The van der Waals surface area contributed by atoms with Gasteiger partial charge >= 0.3 is 0 Å². The van der Waals surface area contributed by atoms with Crippen LogP contribution in [0.15, 0.2) is 29.4 Å². The molecule has 1 N–H and O–H groups in total. The first-order chi connectivity index (χ1) is 14.0. The lowest BCUT2D eigenvalue weighted by Crippen LogP contribution is -2.34. The number of ketones is 1. The summed E-state index contributed by atoms with van der Waals surface area (Å²) in [6.07, 6.45) is 4.67. The Morgan fingerprint density at radius 3 is 2.41 bits per heavy atom. The Hall–Kier alpha value is -2.35. The van der Waals surface area contributed by atoms with Gasteiger partial charge in [0.1, 0.15) is 0 Å². The van der Waals surface area contributed by atoms with E-state index in [4.69, 9.17) is 0 Å². The molecule has 2 heterocycles. The number of piperidine rings is 1. The van der Waals surface area contributed by atoms with Crippen molar-refractivity contribution < 1.29 is 9.59 Å². The molecule has 29 heavy (non-hydrogen) atoms. The van der Waals surface area contributed by atoms with Crippen LogP contribution in [-0.2, 0) is 4.79 Å². The van der Waals surface area contributed by atoms with E-state index < -0.39 is 0 Å². The van der Waals surface area contributed by atoms with Gasteiger partial charge in [-0.1, -0.05) is 18.7 Å². The summed E-state index contributed by atoms with van der Waals surface area (Å²) in [4.78, 5) is 26.1. The molecule has 154 valence electrons. The van der Waals surface area contributed by atoms with Crippen molar-refractivity contribution in [3.05, 3.63) is 29.8 Å². The van der Waals surface area contributed by atoms with Gasteiger partial charge in [0.2, 0.25) is 11.9 Å². The van der Waals surface area contributed by atoms with Gasteiger partial charge in [0.05, 0.1) is 5.75 Å². The number of benzene rings is 1. The molecule has 1 aliphatic carbocycles. The molecular weight excluding hydrogens is 386 g/mol. The number of nitrogens with zero attached hydrogens (tertiary/aromatic N) is 4. The Morgan fingerprint density at radius 2 is 1.79 bits per heavy atom. The molecule has 8 heteroatoms. The molecule has 0 spiro atoms. The highest BCUT2D eigenvalue weighted by atomic mass is 32.2. The third kappa shape index (κ3) is 4.80. The van der Waals surface area contributed by atoms with Crippen LogP contribution in [0, 0.1) is 5.92 Å². The second kappa shape index (κ2) is 8.57. The zero-order valence-electron chi connectivity index (χ0n) is 16.9. The minimum atomic E-state index is -0.0933. The van der Waals surface area contributed by atoms with E-state index in [0.29, 0.717) is 17.3 Å². The normalized spacial score (nSPS) is 17.4. The Kier molecular flexibility index (Phi) is 5.89. The highest BCUT2D eigenvalue weighted by Gasteiger charge is 2.32. The molecule has 1 aromatic heterocycles. The molecule has 4 rings (SSSR count). The van der Waals surface area contributed by atoms with Crippen LogP contribution < -0.4 is 10.2 Å². The van der Waals surface area contributed by atoms with Crippen molar-refractivity contribution in [2.75, 3.05) is 29.1 Å². The number of carbonyl (C=O) groups excluding carboxylic acids is 2. The average molecular weight is 414 g/mol. The Bertz CT molecular complexity index is 883. The van der Waals surface area contributed by atoms with Crippen LogP contribution in [0.1, 0.15) is 55.9 Å². The first kappa shape index (κ1) is 19.9. The molecule has 0 radical (unpaired) electrons. The summed E-state index contributed by atoms with van der Waals surface area (Å²) < 4.78 is 2.23. The van der Waals surface area contributed by atoms with Gasteiger partial charge in [-0.05, 0) is 62.8 Å². The number of hydrogen-bond acceptors (Lipinski definition) is 6. The topological polar surface area (TPSA) is 80.1 Å². The maximum atomic E-state index is 12.4. The third-order valence-corrected chi connectivity index (χ3v) is 6.48. The Labute approximate surface area is 175 Å². The van der Waals surface area contributed by atoms with Crippen LogP contribution in [0.3, 0.4) is 0 Å². The summed E-state index contributed by atoms with van der Waals surface area (Å²) in [6.45, 7) is 5.87. The molecule has 1 amide bonds. The van der Waals surface area contributed by atoms with Gasteiger partial charge in [0, 0.05) is 30.4 Å². The van der Waals surface area contributed by atoms with Gasteiger partial charge in [-0.3, -0.25) is 14.2 Å². The minimum Gasteiger partial charge on any atom is -0.341 e. The molecule has 1 aromatic carbocycles. The van der Waals surface area contributed by atoms with Gasteiger partial charge in [-0.25, -0.2) is 0 Å². The van der Waals surface area contributed by atoms with Crippen LogP contribution in [-0.4, -0.2) is 45.3 Å². The van der Waals surface area contributed by atoms with E-state index >= 15 is 0 Å². The van der Waals surface area contributed by atoms with E-state index in [9.17, 15) is 9.59 Å². The molecule has 2 fully saturated rings. The van der Waals surface area contributed by atoms with E-state index in [-0.39, 0.29) is 17.4 Å². The SMILES string of the molecule is CC(=O)c1ccc(NC(=O)CSc2nnc(N3CCC(C)CC3)n2C2CC2)cc1. The van der Waals surface area contributed by atoms with Crippen molar-refractivity contribution in [3.8, 4) is 0 Å². The van der Waals surface area contributed by atoms with Gasteiger partial charge in [-0.15, -0.1) is 10.2 Å². The fourth-order valence-electron chi connectivity index (χ4n) is 3.56. The molecule has 0 bridgehead atoms. The molecule has 0 unspecified atom stereocenters. The number of nitrogens with one attached hydrogen (secondary N) is 1. The zero-order valence-corrected chi connectivity index (χ0v) is 17.7. The van der Waals surface area contributed by atoms with Crippen molar-refractivity contribution in [3.63, 3.8) is 0 Å². The number of thioether (sulfide) groups is 1. The predicted octanol–water partition coefficient (Wildman–Crippen LogP) is 3.78. The van der Waals surface area contributed by atoms with Crippen LogP contribution in [0.4, 0.5) is 11.6 Å². The molecule has 1 saturated heterocycles. The highest BCUT2D eigenvalue weighted by molar-refractivity contribution is 7.99. The molecule has 2 aliphatic rings. The van der Waals surface area contributed by atoms with E-state index in [1.807, 2.05) is 0 Å². The number of Topliss-reactive ketones (excluding diaryl/α,β-unsaturated/α-hetero) is 1. The molecule has 7 nitrogen and oxygen atoms in total. The van der Waals surface area contributed by atoms with Crippen LogP contribution in [0.5, 0.6) is 0 Å². The highest BCUT2D eigenvalue weighted by Crippen LogP contribution is 2.41. The Morgan fingerprint density at radius 1 is 1.10 bits per heavy atom. The first-order valence-corrected chi connectivity index (χ1v) is 11.2. The van der Waals surface area contributed by atoms with E-state index in [1.165, 1.54) is 31.5 Å². The summed E-state index contributed by atoms with van der Waals surface area (Å²) in [5.74, 6) is 1.92. The number of amides is 1. The summed E-state index contributed by atoms with van der Waals surface area (Å²) in [5.41, 5.74) is 1.32. The molecule has 1 saturated carbocycles. The van der Waals surface area contributed by atoms with E-state index in [0.717, 1.165) is 43.0 Å². The number of rotatable bonds is 7. The van der Waals surface area contributed by atoms with Gasteiger partial charge in [0.25, 0.3) is 0 Å². The largest absolute Gasteiger partial charge is 0.341 e. The van der Waals surface area contributed by atoms with Gasteiger partial charge in [-0.2, -0.15) is 0 Å². The lowest BCUT2D eigenvalue weighted by Gasteiger charge is -2.31. The smallest absolute Gasteiger partial charge is 0.234 e. The van der Waals surface area contributed by atoms with Crippen molar-refractivity contribution >= 4 is 35.1 Å². The number of hydrogen-bond donors (Lipinski definition) is 1. The lowest BCUT2D eigenvalue weighted by atomic mass is 10.00. The maximum Gasteiger partial charge on any atom is 0.234 e. The second-order valence-corrected chi connectivity index (χ2v) is 8.97. The number of carbonyl (C=O) groups is 2.